The number of likely N-dealkylation sites (tertiary alicyclic amines) is 1. The molecule has 2 aromatic rings. The molecule has 6 rings (SSSR count). The Balaban J connectivity index is 1.01. The van der Waals surface area contributed by atoms with E-state index in [1.54, 1.807) is 15.4 Å². The van der Waals surface area contributed by atoms with Gasteiger partial charge < -0.3 is 29.9 Å². The molecule has 0 saturated carbocycles. The Hall–Kier alpha value is -3.60. The Kier molecular flexibility index (Phi) is 11.1. The van der Waals surface area contributed by atoms with Crippen LogP contribution in [0.4, 0.5) is 15.0 Å². The summed E-state index contributed by atoms with van der Waals surface area (Å²) in [5, 5.41) is 11.4. The maximum atomic E-state index is 14.4. The van der Waals surface area contributed by atoms with E-state index >= 15 is 0 Å². The zero-order valence-electron chi connectivity index (χ0n) is 30.0. The summed E-state index contributed by atoms with van der Waals surface area (Å²) in [6, 6.07) is 3.62. The molecule has 0 bridgehead atoms. The van der Waals surface area contributed by atoms with Crippen molar-refractivity contribution >= 4 is 28.0 Å². The highest BCUT2D eigenvalue weighted by atomic mass is 32.2. The van der Waals surface area contributed by atoms with E-state index in [4.69, 9.17) is 9.84 Å². The van der Waals surface area contributed by atoms with Gasteiger partial charge in [0.1, 0.15) is 17.9 Å². The maximum absolute atomic E-state index is 14.4. The van der Waals surface area contributed by atoms with E-state index in [1.807, 2.05) is 27.7 Å². The first kappa shape index (κ1) is 37.2. The summed E-state index contributed by atoms with van der Waals surface area (Å²) in [6.07, 6.45) is 5.60. The number of benzene rings is 1. The van der Waals surface area contributed by atoms with Gasteiger partial charge in [0, 0.05) is 77.0 Å². The second-order valence-corrected chi connectivity index (χ2v) is 17.1. The van der Waals surface area contributed by atoms with Crippen LogP contribution in [0.25, 0.3) is 0 Å². The lowest BCUT2D eigenvalue weighted by atomic mass is 9.72. The molecule has 5 heterocycles. The monoisotopic (exact) mass is 730 g/mol. The van der Waals surface area contributed by atoms with Crippen molar-refractivity contribution in [1.82, 2.24) is 33.7 Å². The smallest absolute Gasteiger partial charge is 0.404 e. The first-order valence-corrected chi connectivity index (χ1v) is 19.5. The van der Waals surface area contributed by atoms with Crippen molar-refractivity contribution in [2.24, 2.45) is 11.3 Å². The molecule has 280 valence electrons. The van der Waals surface area contributed by atoms with Gasteiger partial charge in [-0.25, -0.2) is 19.2 Å². The molecule has 4 saturated heterocycles. The molecule has 16 heteroatoms. The van der Waals surface area contributed by atoms with Crippen LogP contribution in [0.15, 0.2) is 30.7 Å². The number of piperidine rings is 2. The van der Waals surface area contributed by atoms with E-state index in [2.05, 4.69) is 25.1 Å². The van der Waals surface area contributed by atoms with Gasteiger partial charge in [0.25, 0.3) is 16.1 Å². The fourth-order valence-corrected chi connectivity index (χ4v) is 9.99. The average Bonchev–Trinajstić information content (AvgIpc) is 3.53. The van der Waals surface area contributed by atoms with Gasteiger partial charge in [0.2, 0.25) is 0 Å². The van der Waals surface area contributed by atoms with Gasteiger partial charge in [-0.15, -0.1) is 0 Å². The van der Waals surface area contributed by atoms with Crippen molar-refractivity contribution in [3.05, 3.63) is 42.1 Å². The molecule has 1 aromatic heterocycles. The van der Waals surface area contributed by atoms with Crippen LogP contribution in [-0.2, 0) is 10.2 Å². The van der Waals surface area contributed by atoms with Crippen LogP contribution < -0.4 is 15.0 Å². The minimum absolute atomic E-state index is 0.0819. The Bertz CT molecular complexity index is 1660. The predicted molar refractivity (Wildman–Crippen MR) is 190 cm³/mol. The summed E-state index contributed by atoms with van der Waals surface area (Å²) in [5.74, 6) is 0.889. The molecule has 51 heavy (non-hydrogen) atoms. The fraction of sp³-hybridized carbons (Fsp3) is 0.657. The summed E-state index contributed by atoms with van der Waals surface area (Å²) >= 11 is 0. The average molecular weight is 731 g/mol. The highest BCUT2D eigenvalue weighted by molar-refractivity contribution is 7.86. The molecule has 1 aromatic carbocycles. The quantitative estimate of drug-likeness (QED) is 0.349. The van der Waals surface area contributed by atoms with Gasteiger partial charge in [-0.1, -0.05) is 0 Å². The number of anilines is 1. The van der Waals surface area contributed by atoms with Crippen LogP contribution in [-0.4, -0.2) is 131 Å². The number of hydrogen-bond donors (Lipinski definition) is 2. The largest absolute Gasteiger partial charge is 0.465 e. The molecule has 4 fully saturated rings. The second kappa shape index (κ2) is 15.2. The fourth-order valence-electron chi connectivity index (χ4n) is 8.35. The number of carbonyl (C=O) groups excluding carboxylic acids is 1. The summed E-state index contributed by atoms with van der Waals surface area (Å²) in [6.45, 7) is 13.8. The lowest BCUT2D eigenvalue weighted by Crippen LogP contribution is -2.62. The van der Waals surface area contributed by atoms with E-state index in [-0.39, 0.29) is 40.8 Å². The third-order valence-corrected chi connectivity index (χ3v) is 12.9. The molecule has 4 aliphatic heterocycles. The Morgan fingerprint density at radius 2 is 1.69 bits per heavy atom. The summed E-state index contributed by atoms with van der Waals surface area (Å²) < 4.78 is 50.5. The Labute approximate surface area is 300 Å². The van der Waals surface area contributed by atoms with Gasteiger partial charge in [0.05, 0.1) is 11.8 Å². The van der Waals surface area contributed by atoms with Gasteiger partial charge in [-0.2, -0.15) is 17.0 Å². The molecular weight excluding hydrogens is 680 g/mol. The van der Waals surface area contributed by atoms with Crippen LogP contribution in [0.3, 0.4) is 0 Å². The van der Waals surface area contributed by atoms with Crippen molar-refractivity contribution in [3.63, 3.8) is 0 Å². The summed E-state index contributed by atoms with van der Waals surface area (Å²) in [4.78, 5) is 39.6. The Morgan fingerprint density at radius 1 is 1.02 bits per heavy atom. The van der Waals surface area contributed by atoms with Gasteiger partial charge in [0.15, 0.2) is 11.6 Å². The second-order valence-electron chi connectivity index (χ2n) is 15.2. The molecule has 2 amide bonds. The number of amides is 2. The van der Waals surface area contributed by atoms with Crippen LogP contribution in [0.2, 0.25) is 0 Å². The number of nitrogens with zero attached hydrogens (tertiary/aromatic N) is 7. The van der Waals surface area contributed by atoms with Crippen molar-refractivity contribution in [2.45, 2.75) is 77.9 Å². The summed E-state index contributed by atoms with van der Waals surface area (Å²) in [5.41, 5.74) is 0.290. The van der Waals surface area contributed by atoms with Gasteiger partial charge in [-0.3, -0.25) is 4.79 Å². The molecule has 0 unspecified atom stereocenters. The van der Waals surface area contributed by atoms with E-state index in [0.29, 0.717) is 56.5 Å². The molecule has 0 radical (unpaired) electrons. The first-order valence-electron chi connectivity index (χ1n) is 18.1. The minimum atomic E-state index is -3.56. The molecule has 0 aliphatic carbocycles. The molecule has 2 N–H and O–H groups in total. The molecular formula is C35H51FN8O6S. The minimum Gasteiger partial charge on any atom is -0.465 e. The van der Waals surface area contributed by atoms with Crippen LogP contribution in [0.1, 0.15) is 70.2 Å². The maximum Gasteiger partial charge on any atom is 0.404 e. The number of halogens is 1. The third kappa shape index (κ3) is 8.23. The third-order valence-electron chi connectivity index (χ3n) is 10.8. The van der Waals surface area contributed by atoms with E-state index < -0.39 is 22.1 Å². The van der Waals surface area contributed by atoms with Crippen molar-refractivity contribution < 1.29 is 32.2 Å². The topological polar surface area (TPSA) is 152 Å². The van der Waals surface area contributed by atoms with Gasteiger partial charge >= 0.3 is 6.09 Å². The molecule has 1 atom stereocenters. The lowest BCUT2D eigenvalue weighted by Gasteiger charge is -2.54. The van der Waals surface area contributed by atoms with E-state index in [0.717, 1.165) is 52.0 Å². The number of hydrogen-bond acceptors (Lipinski definition) is 9. The zero-order chi connectivity index (χ0) is 36.5. The highest BCUT2D eigenvalue weighted by Crippen LogP contribution is 2.42. The number of nitrogens with one attached hydrogen (secondary N) is 1. The number of rotatable bonds is 11. The number of aromatic nitrogens is 2. The van der Waals surface area contributed by atoms with Crippen molar-refractivity contribution in [1.29, 1.82) is 0 Å². The number of carboxylic acid groups (broad SMARTS) is 1. The van der Waals surface area contributed by atoms with Crippen molar-refractivity contribution in [3.8, 4) is 11.5 Å². The number of carbonyl (C=O) groups is 2. The highest BCUT2D eigenvalue weighted by Gasteiger charge is 2.48. The first-order chi connectivity index (χ1) is 24.2. The normalized spacial score (nSPS) is 22.0. The van der Waals surface area contributed by atoms with E-state index in [9.17, 15) is 22.4 Å². The van der Waals surface area contributed by atoms with E-state index in [1.165, 1.54) is 28.8 Å². The molecule has 1 spiro atoms. The summed E-state index contributed by atoms with van der Waals surface area (Å²) in [7, 11) is -3.56. The molecule has 4 aliphatic rings. The molecule has 14 nitrogen and oxygen atoms in total. The van der Waals surface area contributed by atoms with Crippen LogP contribution in [0.5, 0.6) is 11.5 Å². The lowest BCUT2D eigenvalue weighted by molar-refractivity contribution is -0.0413. The standard InChI is InChI=1S/C35H51FN8O6S/c1-24(2)44(25(3)4)33(45)29-17-27(36)5-6-30(29)50-31-18-37-23-38-32(31)41-12-7-26(20-41)19-40-21-35(22-40)10-15-43(16-11-35)51(48,49)42-13-8-28(9-14-42)39-34(46)47/h5-6,17-18,23-26,28,39H,7-16,19-22H2,1-4H3,(H,46,47)/t26-/m0/s1. The SMILES string of the molecule is CC(C)N(C(=O)c1cc(F)ccc1Oc1cncnc1N1CC[C@@H](CN2CC3(CCN(S(=O)(=O)N4CCC(NC(=O)O)CC4)CC3)C2)C1)C(C)C. The Morgan fingerprint density at radius 3 is 2.33 bits per heavy atom. The van der Waals surface area contributed by atoms with Crippen LogP contribution >= 0.6 is 0 Å². The van der Waals surface area contributed by atoms with Crippen molar-refractivity contribution in [2.75, 3.05) is 63.8 Å². The number of ether oxygens (including phenoxy) is 1. The van der Waals surface area contributed by atoms with Gasteiger partial charge in [-0.05, 0) is 89.3 Å². The van der Waals surface area contributed by atoms with Crippen LogP contribution in [0, 0.1) is 17.2 Å². The zero-order valence-corrected chi connectivity index (χ0v) is 30.8. The predicted octanol–water partition coefficient (Wildman–Crippen LogP) is 3.87.